The van der Waals surface area contributed by atoms with Crippen LogP contribution in [0.3, 0.4) is 0 Å². The van der Waals surface area contributed by atoms with Crippen LogP contribution in [0.1, 0.15) is 33.2 Å². The van der Waals surface area contributed by atoms with Gasteiger partial charge < -0.3 is 19.9 Å². The second kappa shape index (κ2) is 10.6. The highest BCUT2D eigenvalue weighted by Gasteiger charge is 2.24. The van der Waals surface area contributed by atoms with Crippen LogP contribution in [0.4, 0.5) is 0 Å². The third-order valence-corrected chi connectivity index (χ3v) is 4.95. The fourth-order valence-electron chi connectivity index (χ4n) is 3.52. The first-order chi connectivity index (χ1) is 14.6. The standard InChI is InChI=1S/C25H27NO4/c1-29-17-20(16-18-10-5-3-6-11-18)26-25(28)21-14-9-15-22(30-2)23(21)24(27)19-12-7-4-8-13-19/h3-15,20,24,27H,16-17H2,1-2H3,(H,26,28)/t20-,24-/m0/s1. The van der Waals surface area contributed by atoms with E-state index in [1.807, 2.05) is 60.7 Å². The summed E-state index contributed by atoms with van der Waals surface area (Å²) in [6, 6.07) is 24.1. The predicted octanol–water partition coefficient (Wildman–Crippen LogP) is 3.76. The molecule has 2 atom stereocenters. The zero-order chi connectivity index (χ0) is 21.3. The van der Waals surface area contributed by atoms with Gasteiger partial charge in [0, 0.05) is 18.2 Å². The summed E-state index contributed by atoms with van der Waals surface area (Å²) in [5.74, 6) is 0.183. The van der Waals surface area contributed by atoms with Gasteiger partial charge in [-0.25, -0.2) is 0 Å². The lowest BCUT2D eigenvalue weighted by Gasteiger charge is -2.22. The molecule has 2 N–H and O–H groups in total. The molecule has 0 bridgehead atoms. The smallest absolute Gasteiger partial charge is 0.252 e. The van der Waals surface area contributed by atoms with Gasteiger partial charge in [-0.2, -0.15) is 0 Å². The second-order valence-corrected chi connectivity index (χ2v) is 7.05. The van der Waals surface area contributed by atoms with Gasteiger partial charge >= 0.3 is 0 Å². The van der Waals surface area contributed by atoms with E-state index in [4.69, 9.17) is 9.47 Å². The SMILES string of the molecule is COC[C@H](Cc1ccccc1)NC(=O)c1cccc(OC)c1[C@@H](O)c1ccccc1. The molecule has 5 nitrogen and oxygen atoms in total. The molecule has 0 heterocycles. The highest BCUT2D eigenvalue weighted by Crippen LogP contribution is 2.33. The van der Waals surface area contributed by atoms with E-state index in [0.717, 1.165) is 5.56 Å². The van der Waals surface area contributed by atoms with E-state index in [0.29, 0.717) is 35.5 Å². The van der Waals surface area contributed by atoms with Crippen LogP contribution in [0.5, 0.6) is 5.75 Å². The van der Waals surface area contributed by atoms with Crippen molar-refractivity contribution in [3.8, 4) is 5.75 Å². The minimum atomic E-state index is -0.988. The van der Waals surface area contributed by atoms with Crippen LogP contribution >= 0.6 is 0 Å². The molecule has 0 unspecified atom stereocenters. The zero-order valence-corrected chi connectivity index (χ0v) is 17.2. The van der Waals surface area contributed by atoms with Gasteiger partial charge in [-0.05, 0) is 29.7 Å². The van der Waals surface area contributed by atoms with E-state index in [-0.39, 0.29) is 11.9 Å². The Kier molecular flexibility index (Phi) is 7.60. The van der Waals surface area contributed by atoms with Crippen LogP contribution in [-0.4, -0.2) is 37.9 Å². The number of benzene rings is 3. The van der Waals surface area contributed by atoms with Gasteiger partial charge in [-0.15, -0.1) is 0 Å². The lowest BCUT2D eigenvalue weighted by molar-refractivity contribution is 0.0891. The zero-order valence-electron chi connectivity index (χ0n) is 17.2. The Labute approximate surface area is 177 Å². The largest absolute Gasteiger partial charge is 0.496 e. The Bertz CT molecular complexity index is 944. The summed E-state index contributed by atoms with van der Waals surface area (Å²) in [6.45, 7) is 0.376. The van der Waals surface area contributed by atoms with Gasteiger partial charge in [0.25, 0.3) is 5.91 Å². The molecule has 0 aliphatic rings. The van der Waals surface area contributed by atoms with Gasteiger partial charge in [-0.1, -0.05) is 66.7 Å². The maximum absolute atomic E-state index is 13.2. The Morgan fingerprint density at radius 2 is 1.60 bits per heavy atom. The Morgan fingerprint density at radius 3 is 2.23 bits per heavy atom. The normalized spacial score (nSPS) is 12.8. The van der Waals surface area contributed by atoms with E-state index in [9.17, 15) is 9.90 Å². The van der Waals surface area contributed by atoms with E-state index in [2.05, 4.69) is 5.32 Å². The second-order valence-electron chi connectivity index (χ2n) is 7.05. The van der Waals surface area contributed by atoms with Crippen molar-refractivity contribution in [2.24, 2.45) is 0 Å². The van der Waals surface area contributed by atoms with Crippen molar-refractivity contribution in [1.29, 1.82) is 0 Å². The molecule has 0 spiro atoms. The topological polar surface area (TPSA) is 67.8 Å². The highest BCUT2D eigenvalue weighted by molar-refractivity contribution is 5.97. The molecule has 0 fully saturated rings. The molecule has 3 aromatic carbocycles. The van der Waals surface area contributed by atoms with E-state index in [1.54, 1.807) is 25.3 Å². The molecule has 1 amide bonds. The van der Waals surface area contributed by atoms with E-state index < -0.39 is 6.10 Å². The van der Waals surface area contributed by atoms with Crippen LogP contribution in [0.25, 0.3) is 0 Å². The third-order valence-electron chi connectivity index (χ3n) is 4.95. The minimum absolute atomic E-state index is 0.210. The number of aliphatic hydroxyl groups excluding tert-OH is 1. The highest BCUT2D eigenvalue weighted by atomic mass is 16.5. The number of aliphatic hydroxyl groups is 1. The fourth-order valence-corrected chi connectivity index (χ4v) is 3.52. The molecule has 0 saturated heterocycles. The monoisotopic (exact) mass is 405 g/mol. The van der Waals surface area contributed by atoms with E-state index >= 15 is 0 Å². The van der Waals surface area contributed by atoms with Crippen LogP contribution in [0.2, 0.25) is 0 Å². The third kappa shape index (κ3) is 5.26. The molecular formula is C25H27NO4. The number of hydrogen-bond donors (Lipinski definition) is 2. The molecule has 3 rings (SSSR count). The lowest BCUT2D eigenvalue weighted by Crippen LogP contribution is -2.40. The van der Waals surface area contributed by atoms with Crippen LogP contribution in [0, 0.1) is 0 Å². The van der Waals surface area contributed by atoms with Crippen LogP contribution in [-0.2, 0) is 11.2 Å². The molecule has 0 radical (unpaired) electrons. The summed E-state index contributed by atoms with van der Waals surface area (Å²) < 4.78 is 10.8. The van der Waals surface area contributed by atoms with E-state index in [1.165, 1.54) is 7.11 Å². The molecule has 0 aliphatic heterocycles. The van der Waals surface area contributed by atoms with Crippen LogP contribution in [0.15, 0.2) is 78.9 Å². The molecule has 0 aromatic heterocycles. The minimum Gasteiger partial charge on any atom is -0.496 e. The van der Waals surface area contributed by atoms with Crippen molar-refractivity contribution in [2.45, 2.75) is 18.6 Å². The molecule has 0 aliphatic carbocycles. The predicted molar refractivity (Wildman–Crippen MR) is 117 cm³/mol. The average Bonchev–Trinajstić information content (AvgIpc) is 2.79. The Hall–Kier alpha value is -3.15. The van der Waals surface area contributed by atoms with Crippen molar-refractivity contribution >= 4 is 5.91 Å². The number of carbonyl (C=O) groups excluding carboxylic acids is 1. The van der Waals surface area contributed by atoms with Gasteiger partial charge in [0.1, 0.15) is 11.9 Å². The van der Waals surface area contributed by atoms with Crippen molar-refractivity contribution in [3.05, 3.63) is 101 Å². The number of methoxy groups -OCH3 is 2. The first kappa shape index (κ1) is 21.6. The van der Waals surface area contributed by atoms with Crippen molar-refractivity contribution < 1.29 is 19.4 Å². The molecule has 3 aromatic rings. The fraction of sp³-hybridized carbons (Fsp3) is 0.240. The summed E-state index contributed by atoms with van der Waals surface area (Å²) >= 11 is 0. The van der Waals surface area contributed by atoms with Crippen LogP contribution < -0.4 is 10.1 Å². The van der Waals surface area contributed by atoms with Gasteiger partial charge in [-0.3, -0.25) is 4.79 Å². The number of amides is 1. The first-order valence-corrected chi connectivity index (χ1v) is 9.87. The maximum atomic E-state index is 13.2. The molecular weight excluding hydrogens is 378 g/mol. The maximum Gasteiger partial charge on any atom is 0.252 e. The number of carbonyl (C=O) groups is 1. The summed E-state index contributed by atoms with van der Waals surface area (Å²) in [5, 5.41) is 14.1. The number of nitrogens with one attached hydrogen (secondary N) is 1. The van der Waals surface area contributed by atoms with Gasteiger partial charge in [0.05, 0.1) is 19.8 Å². The van der Waals surface area contributed by atoms with Crippen molar-refractivity contribution in [2.75, 3.05) is 20.8 Å². The summed E-state index contributed by atoms with van der Waals surface area (Å²) in [6.07, 6.45) is -0.348. The quantitative estimate of drug-likeness (QED) is 0.569. The lowest BCUT2D eigenvalue weighted by atomic mass is 9.95. The average molecular weight is 405 g/mol. The molecule has 30 heavy (non-hydrogen) atoms. The first-order valence-electron chi connectivity index (χ1n) is 9.87. The summed E-state index contributed by atoms with van der Waals surface area (Å²) in [5.41, 5.74) is 2.61. The molecule has 5 heteroatoms. The Balaban J connectivity index is 1.89. The molecule has 0 saturated carbocycles. The summed E-state index contributed by atoms with van der Waals surface area (Å²) in [4.78, 5) is 13.2. The molecule has 156 valence electrons. The van der Waals surface area contributed by atoms with Crippen molar-refractivity contribution in [1.82, 2.24) is 5.32 Å². The number of hydrogen-bond acceptors (Lipinski definition) is 4. The summed E-state index contributed by atoms with van der Waals surface area (Å²) in [7, 11) is 3.14. The number of ether oxygens (including phenoxy) is 2. The van der Waals surface area contributed by atoms with Gasteiger partial charge in [0.15, 0.2) is 0 Å². The number of rotatable bonds is 9. The van der Waals surface area contributed by atoms with Gasteiger partial charge in [0.2, 0.25) is 0 Å². The Morgan fingerprint density at radius 1 is 0.933 bits per heavy atom. The van der Waals surface area contributed by atoms with Crippen molar-refractivity contribution in [3.63, 3.8) is 0 Å².